The summed E-state index contributed by atoms with van der Waals surface area (Å²) in [5.41, 5.74) is 6.25. The van der Waals surface area contributed by atoms with Crippen LogP contribution in [0.15, 0.2) is 12.1 Å². The molecule has 0 bridgehead atoms. The molecule has 2 rings (SSSR count). The van der Waals surface area contributed by atoms with Gasteiger partial charge in [0.05, 0.1) is 18.9 Å². The number of hydrogen-bond acceptors (Lipinski definition) is 3. The zero-order valence-electron chi connectivity index (χ0n) is 13.7. The highest BCUT2D eigenvalue weighted by atomic mass is 16.5. The van der Waals surface area contributed by atoms with Crippen molar-refractivity contribution in [2.75, 3.05) is 7.11 Å². The highest BCUT2D eigenvalue weighted by Crippen LogP contribution is 2.29. The van der Waals surface area contributed by atoms with Crippen LogP contribution in [0.25, 0.3) is 0 Å². The fourth-order valence-electron chi connectivity index (χ4n) is 2.81. The van der Waals surface area contributed by atoms with Gasteiger partial charge in [-0.1, -0.05) is 0 Å². The fourth-order valence-corrected chi connectivity index (χ4v) is 2.81. The van der Waals surface area contributed by atoms with Gasteiger partial charge in [-0.2, -0.15) is 5.10 Å². The summed E-state index contributed by atoms with van der Waals surface area (Å²) in [7, 11) is 3.60. The quantitative estimate of drug-likeness (QED) is 0.941. The van der Waals surface area contributed by atoms with Gasteiger partial charge < -0.3 is 9.84 Å². The first kappa shape index (κ1) is 15.6. The van der Waals surface area contributed by atoms with Gasteiger partial charge in [-0.05, 0) is 62.1 Å². The SMILES string of the molecule is COc1cc(C)c(C(O)Cc2c(C)nn(C)c2C)cc1C. The van der Waals surface area contributed by atoms with Crippen LogP contribution < -0.4 is 4.74 Å². The number of aromatic nitrogens is 2. The second kappa shape index (κ2) is 5.90. The minimum atomic E-state index is -0.531. The van der Waals surface area contributed by atoms with E-state index in [-0.39, 0.29) is 0 Å². The fraction of sp³-hybridized carbons (Fsp3) is 0.471. The van der Waals surface area contributed by atoms with Crippen LogP contribution in [0.5, 0.6) is 5.75 Å². The summed E-state index contributed by atoms with van der Waals surface area (Å²) < 4.78 is 7.19. The standard InChI is InChI=1S/C17H24N2O2/c1-10-8-17(21-6)11(2)7-14(10)16(20)9-15-12(3)18-19(5)13(15)4/h7-8,16,20H,9H2,1-6H3. The van der Waals surface area contributed by atoms with Crippen LogP contribution in [-0.4, -0.2) is 22.0 Å². The Morgan fingerprint density at radius 1 is 1.19 bits per heavy atom. The van der Waals surface area contributed by atoms with Crippen molar-refractivity contribution >= 4 is 0 Å². The molecule has 0 aliphatic rings. The molecular formula is C17H24N2O2. The van der Waals surface area contributed by atoms with Crippen LogP contribution in [-0.2, 0) is 13.5 Å². The number of benzene rings is 1. The first-order chi connectivity index (χ1) is 9.85. The summed E-state index contributed by atoms with van der Waals surface area (Å²) in [6.45, 7) is 8.02. The van der Waals surface area contributed by atoms with Crippen molar-refractivity contribution in [2.45, 2.75) is 40.2 Å². The Labute approximate surface area is 126 Å². The van der Waals surface area contributed by atoms with Gasteiger partial charge in [-0.3, -0.25) is 4.68 Å². The predicted octanol–water partition coefficient (Wildman–Crippen LogP) is 2.94. The third-order valence-electron chi connectivity index (χ3n) is 4.20. The molecular weight excluding hydrogens is 264 g/mol. The van der Waals surface area contributed by atoms with E-state index < -0.39 is 6.10 Å². The maximum Gasteiger partial charge on any atom is 0.122 e. The van der Waals surface area contributed by atoms with Crippen molar-refractivity contribution in [1.29, 1.82) is 0 Å². The van der Waals surface area contributed by atoms with Crippen LogP contribution in [0.3, 0.4) is 0 Å². The van der Waals surface area contributed by atoms with Gasteiger partial charge in [-0.25, -0.2) is 0 Å². The number of ether oxygens (including phenoxy) is 1. The van der Waals surface area contributed by atoms with Gasteiger partial charge in [0.1, 0.15) is 5.75 Å². The van der Waals surface area contributed by atoms with E-state index >= 15 is 0 Å². The second-order valence-corrected chi connectivity index (χ2v) is 5.67. The molecule has 1 heterocycles. The maximum absolute atomic E-state index is 10.6. The van der Waals surface area contributed by atoms with Crippen molar-refractivity contribution in [3.05, 3.63) is 45.8 Å². The van der Waals surface area contributed by atoms with Crippen molar-refractivity contribution in [3.8, 4) is 5.75 Å². The number of hydrogen-bond donors (Lipinski definition) is 1. The predicted molar refractivity (Wildman–Crippen MR) is 83.8 cm³/mol. The molecule has 1 unspecified atom stereocenters. The maximum atomic E-state index is 10.6. The molecule has 2 aromatic rings. The molecule has 0 radical (unpaired) electrons. The van der Waals surface area contributed by atoms with Gasteiger partial charge in [0.15, 0.2) is 0 Å². The van der Waals surface area contributed by atoms with Crippen molar-refractivity contribution in [3.63, 3.8) is 0 Å². The average Bonchev–Trinajstić information content (AvgIpc) is 2.67. The molecule has 1 aromatic heterocycles. The summed E-state index contributed by atoms with van der Waals surface area (Å²) in [6.07, 6.45) is 0.0502. The van der Waals surface area contributed by atoms with E-state index in [4.69, 9.17) is 4.74 Å². The van der Waals surface area contributed by atoms with Crippen molar-refractivity contribution in [1.82, 2.24) is 9.78 Å². The number of rotatable bonds is 4. The number of aryl methyl sites for hydroxylation is 4. The van der Waals surface area contributed by atoms with Crippen molar-refractivity contribution < 1.29 is 9.84 Å². The van der Waals surface area contributed by atoms with Crippen LogP contribution >= 0.6 is 0 Å². The summed E-state index contributed by atoms with van der Waals surface area (Å²) in [6, 6.07) is 4.00. The molecule has 1 aromatic carbocycles. The Bertz CT molecular complexity index is 659. The first-order valence-corrected chi connectivity index (χ1v) is 7.17. The van der Waals surface area contributed by atoms with Crippen LogP contribution in [0, 0.1) is 27.7 Å². The largest absolute Gasteiger partial charge is 0.496 e. The van der Waals surface area contributed by atoms with E-state index in [1.165, 1.54) is 0 Å². The molecule has 4 nitrogen and oxygen atoms in total. The van der Waals surface area contributed by atoms with E-state index in [0.29, 0.717) is 6.42 Å². The van der Waals surface area contributed by atoms with Crippen LogP contribution in [0.4, 0.5) is 0 Å². The molecule has 4 heteroatoms. The minimum Gasteiger partial charge on any atom is -0.496 e. The third-order valence-corrected chi connectivity index (χ3v) is 4.20. The zero-order chi connectivity index (χ0) is 15.7. The first-order valence-electron chi connectivity index (χ1n) is 7.17. The van der Waals surface area contributed by atoms with Gasteiger partial charge >= 0.3 is 0 Å². The van der Waals surface area contributed by atoms with Gasteiger partial charge in [0, 0.05) is 19.2 Å². The molecule has 1 N–H and O–H groups in total. The van der Waals surface area contributed by atoms with Crippen molar-refractivity contribution in [2.24, 2.45) is 7.05 Å². The van der Waals surface area contributed by atoms with Gasteiger partial charge in [0.2, 0.25) is 0 Å². The molecule has 0 amide bonds. The lowest BCUT2D eigenvalue weighted by Gasteiger charge is -2.17. The molecule has 0 aliphatic carbocycles. The minimum absolute atomic E-state index is 0.531. The average molecular weight is 288 g/mol. The highest BCUT2D eigenvalue weighted by Gasteiger charge is 2.18. The highest BCUT2D eigenvalue weighted by molar-refractivity contribution is 5.43. The van der Waals surface area contributed by atoms with Crippen LogP contribution in [0.2, 0.25) is 0 Å². The summed E-state index contributed by atoms with van der Waals surface area (Å²) in [5.74, 6) is 0.859. The molecule has 21 heavy (non-hydrogen) atoms. The summed E-state index contributed by atoms with van der Waals surface area (Å²) >= 11 is 0. The molecule has 114 valence electrons. The van der Waals surface area contributed by atoms with E-state index in [1.807, 2.05) is 51.6 Å². The van der Waals surface area contributed by atoms with E-state index in [1.54, 1.807) is 7.11 Å². The van der Waals surface area contributed by atoms with Gasteiger partial charge in [0.25, 0.3) is 0 Å². The molecule has 0 saturated heterocycles. The smallest absolute Gasteiger partial charge is 0.122 e. The second-order valence-electron chi connectivity index (χ2n) is 5.67. The van der Waals surface area contributed by atoms with E-state index in [2.05, 4.69) is 5.10 Å². The number of methoxy groups -OCH3 is 1. The topological polar surface area (TPSA) is 47.3 Å². The normalized spacial score (nSPS) is 12.5. The molecule has 0 spiro atoms. The molecule has 0 fully saturated rings. The Hall–Kier alpha value is -1.81. The molecule has 1 atom stereocenters. The Kier molecular flexibility index (Phi) is 4.37. The lowest BCUT2D eigenvalue weighted by atomic mass is 9.95. The third kappa shape index (κ3) is 2.95. The van der Waals surface area contributed by atoms with Gasteiger partial charge in [-0.15, -0.1) is 0 Å². The Morgan fingerprint density at radius 3 is 2.38 bits per heavy atom. The summed E-state index contributed by atoms with van der Waals surface area (Å²) in [4.78, 5) is 0. The lowest BCUT2D eigenvalue weighted by Crippen LogP contribution is -2.06. The number of nitrogens with zero attached hydrogens (tertiary/aromatic N) is 2. The molecule has 0 saturated carbocycles. The van der Waals surface area contributed by atoms with E-state index in [0.717, 1.165) is 39.4 Å². The summed E-state index contributed by atoms with van der Waals surface area (Å²) in [5, 5.41) is 15.0. The van der Waals surface area contributed by atoms with E-state index in [9.17, 15) is 5.11 Å². The monoisotopic (exact) mass is 288 g/mol. The number of aliphatic hydroxyl groups is 1. The Morgan fingerprint density at radius 2 is 1.86 bits per heavy atom. The Balaban J connectivity index is 2.32. The van der Waals surface area contributed by atoms with Crippen LogP contribution in [0.1, 0.15) is 39.7 Å². The number of aliphatic hydroxyl groups excluding tert-OH is 1. The lowest BCUT2D eigenvalue weighted by molar-refractivity contribution is 0.177. The molecule has 0 aliphatic heterocycles. The zero-order valence-corrected chi connectivity index (χ0v) is 13.7.